The minimum absolute atomic E-state index is 0.224. The molecule has 0 bridgehead atoms. The predicted octanol–water partition coefficient (Wildman–Crippen LogP) is 3.53. The molecule has 0 heterocycles. The van der Waals surface area contributed by atoms with Crippen molar-refractivity contribution in [2.24, 2.45) is 5.92 Å². The van der Waals surface area contributed by atoms with Crippen molar-refractivity contribution in [3.8, 4) is 0 Å². The quantitative estimate of drug-likeness (QED) is 0.412. The minimum atomic E-state index is -0.228. The van der Waals surface area contributed by atoms with Crippen molar-refractivity contribution < 1.29 is 9.78 Å². The van der Waals surface area contributed by atoms with Crippen LogP contribution in [0.1, 0.15) is 46.5 Å². The zero-order valence-electron chi connectivity index (χ0n) is 9.60. The van der Waals surface area contributed by atoms with Crippen LogP contribution in [0.5, 0.6) is 0 Å². The van der Waals surface area contributed by atoms with Gasteiger partial charge in [0, 0.05) is 10.8 Å². The summed E-state index contributed by atoms with van der Waals surface area (Å²) in [6.45, 7) is 6.22. The van der Waals surface area contributed by atoms with Gasteiger partial charge in [-0.25, -0.2) is 9.78 Å². The van der Waals surface area contributed by atoms with Gasteiger partial charge in [-0.3, -0.25) is 0 Å². The lowest BCUT2D eigenvalue weighted by Gasteiger charge is -2.45. The summed E-state index contributed by atoms with van der Waals surface area (Å²) >= 11 is 6.40. The van der Waals surface area contributed by atoms with Crippen molar-refractivity contribution in [1.29, 1.82) is 0 Å². The predicted molar refractivity (Wildman–Crippen MR) is 58.4 cm³/mol. The SMILES string of the molecule is COO[C@]1(C)CCCC[C@@H]1C(C)(C)Cl. The molecule has 1 saturated carbocycles. The largest absolute Gasteiger partial charge is 0.240 e. The van der Waals surface area contributed by atoms with E-state index in [2.05, 4.69) is 20.8 Å². The molecule has 1 aliphatic rings. The Morgan fingerprint density at radius 3 is 2.50 bits per heavy atom. The van der Waals surface area contributed by atoms with Gasteiger partial charge < -0.3 is 0 Å². The van der Waals surface area contributed by atoms with E-state index in [1.807, 2.05) is 0 Å². The first kappa shape index (κ1) is 12.3. The molecule has 0 saturated heterocycles. The van der Waals surface area contributed by atoms with E-state index in [1.165, 1.54) is 12.8 Å². The Labute approximate surface area is 91.8 Å². The monoisotopic (exact) mass is 220 g/mol. The van der Waals surface area contributed by atoms with Gasteiger partial charge in [-0.15, -0.1) is 11.6 Å². The number of alkyl halides is 1. The maximum absolute atomic E-state index is 6.40. The van der Waals surface area contributed by atoms with Gasteiger partial charge in [0.1, 0.15) is 5.60 Å². The Balaban J connectivity index is 2.78. The van der Waals surface area contributed by atoms with E-state index < -0.39 is 0 Å². The molecule has 14 heavy (non-hydrogen) atoms. The molecule has 0 unspecified atom stereocenters. The topological polar surface area (TPSA) is 18.5 Å². The van der Waals surface area contributed by atoms with Gasteiger partial charge in [0.05, 0.1) is 7.11 Å². The third-order valence-corrected chi connectivity index (χ3v) is 3.52. The molecule has 1 rings (SSSR count). The van der Waals surface area contributed by atoms with Crippen molar-refractivity contribution in [3.05, 3.63) is 0 Å². The first-order valence-electron chi connectivity index (χ1n) is 5.31. The van der Waals surface area contributed by atoms with E-state index in [1.54, 1.807) is 7.11 Å². The summed E-state index contributed by atoms with van der Waals surface area (Å²) in [4.78, 5) is 10.0. The van der Waals surface area contributed by atoms with Gasteiger partial charge in [0.25, 0.3) is 0 Å². The lowest BCUT2D eigenvalue weighted by Crippen LogP contribution is -2.48. The second kappa shape index (κ2) is 4.38. The number of hydrogen-bond acceptors (Lipinski definition) is 2. The van der Waals surface area contributed by atoms with E-state index in [9.17, 15) is 0 Å². The fourth-order valence-corrected chi connectivity index (χ4v) is 3.00. The lowest BCUT2D eigenvalue weighted by molar-refractivity contribution is -0.360. The summed E-state index contributed by atoms with van der Waals surface area (Å²) < 4.78 is 0. The van der Waals surface area contributed by atoms with Crippen LogP contribution in [0.4, 0.5) is 0 Å². The van der Waals surface area contributed by atoms with E-state index in [0.717, 1.165) is 12.8 Å². The highest BCUT2D eigenvalue weighted by molar-refractivity contribution is 6.23. The van der Waals surface area contributed by atoms with Gasteiger partial charge in [0.15, 0.2) is 0 Å². The highest BCUT2D eigenvalue weighted by Gasteiger charge is 2.46. The molecule has 0 spiro atoms. The molecule has 84 valence electrons. The summed E-state index contributed by atoms with van der Waals surface area (Å²) in [5, 5.41) is 0. The zero-order chi connectivity index (χ0) is 10.8. The summed E-state index contributed by atoms with van der Waals surface area (Å²) in [5.41, 5.74) is -0.224. The highest BCUT2D eigenvalue weighted by Crippen LogP contribution is 2.45. The van der Waals surface area contributed by atoms with Gasteiger partial charge >= 0.3 is 0 Å². The maximum Gasteiger partial charge on any atom is 0.105 e. The smallest absolute Gasteiger partial charge is 0.105 e. The second-order valence-corrected chi connectivity index (χ2v) is 5.90. The van der Waals surface area contributed by atoms with Crippen molar-refractivity contribution in [2.75, 3.05) is 7.11 Å². The molecule has 1 fully saturated rings. The van der Waals surface area contributed by atoms with Crippen molar-refractivity contribution in [2.45, 2.75) is 56.9 Å². The van der Waals surface area contributed by atoms with Crippen molar-refractivity contribution >= 4 is 11.6 Å². The fourth-order valence-electron chi connectivity index (χ4n) is 2.66. The van der Waals surface area contributed by atoms with Crippen molar-refractivity contribution in [3.63, 3.8) is 0 Å². The summed E-state index contributed by atoms with van der Waals surface area (Å²) in [5.74, 6) is 0.352. The van der Waals surface area contributed by atoms with E-state index in [0.29, 0.717) is 5.92 Å². The third-order valence-electron chi connectivity index (χ3n) is 3.26. The van der Waals surface area contributed by atoms with Gasteiger partial charge in [-0.2, -0.15) is 0 Å². The Bertz CT molecular complexity index is 184. The minimum Gasteiger partial charge on any atom is -0.240 e. The molecule has 0 radical (unpaired) electrons. The van der Waals surface area contributed by atoms with E-state index in [-0.39, 0.29) is 10.5 Å². The van der Waals surface area contributed by atoms with Gasteiger partial charge in [-0.05, 0) is 33.6 Å². The molecule has 0 amide bonds. The molecule has 2 nitrogen and oxygen atoms in total. The Morgan fingerprint density at radius 2 is 2.00 bits per heavy atom. The summed E-state index contributed by atoms with van der Waals surface area (Å²) in [7, 11) is 1.57. The molecule has 3 heteroatoms. The number of halogens is 1. The van der Waals surface area contributed by atoms with Gasteiger partial charge in [-0.1, -0.05) is 12.8 Å². The van der Waals surface area contributed by atoms with Crippen LogP contribution in [-0.4, -0.2) is 17.6 Å². The molecule has 1 aliphatic carbocycles. The first-order valence-corrected chi connectivity index (χ1v) is 5.69. The van der Waals surface area contributed by atoms with Crippen LogP contribution in [-0.2, 0) is 9.78 Å². The van der Waals surface area contributed by atoms with Crippen LogP contribution in [0.3, 0.4) is 0 Å². The average molecular weight is 221 g/mol. The van der Waals surface area contributed by atoms with Crippen LogP contribution in [0.2, 0.25) is 0 Å². The van der Waals surface area contributed by atoms with Crippen LogP contribution in [0.25, 0.3) is 0 Å². The first-order chi connectivity index (χ1) is 6.40. The second-order valence-electron chi connectivity index (χ2n) is 4.93. The van der Waals surface area contributed by atoms with Crippen LogP contribution in [0, 0.1) is 5.92 Å². The summed E-state index contributed by atoms with van der Waals surface area (Å²) in [6, 6.07) is 0. The van der Waals surface area contributed by atoms with Gasteiger partial charge in [0.2, 0.25) is 0 Å². The maximum atomic E-state index is 6.40. The Kier molecular flexibility index (Phi) is 3.84. The molecule has 0 aromatic rings. The zero-order valence-corrected chi connectivity index (χ0v) is 10.4. The van der Waals surface area contributed by atoms with E-state index >= 15 is 0 Å². The van der Waals surface area contributed by atoms with E-state index in [4.69, 9.17) is 21.4 Å². The molecule has 0 aliphatic heterocycles. The Morgan fingerprint density at radius 1 is 1.36 bits per heavy atom. The van der Waals surface area contributed by atoms with Crippen LogP contribution >= 0.6 is 11.6 Å². The lowest BCUT2D eigenvalue weighted by atomic mass is 9.71. The number of rotatable bonds is 3. The summed E-state index contributed by atoms with van der Waals surface area (Å²) in [6.07, 6.45) is 4.59. The highest BCUT2D eigenvalue weighted by atomic mass is 35.5. The molecular formula is C11H21ClO2. The Hall–Kier alpha value is 0.210. The molecule has 2 atom stereocenters. The average Bonchev–Trinajstić information content (AvgIpc) is 2.02. The van der Waals surface area contributed by atoms with Crippen molar-refractivity contribution in [1.82, 2.24) is 0 Å². The van der Waals surface area contributed by atoms with Crippen LogP contribution in [0.15, 0.2) is 0 Å². The molecular weight excluding hydrogens is 200 g/mol. The fraction of sp³-hybridized carbons (Fsp3) is 1.00. The third kappa shape index (κ3) is 2.62. The number of hydrogen-bond donors (Lipinski definition) is 0. The molecule has 0 aromatic carbocycles. The van der Waals surface area contributed by atoms with Crippen LogP contribution < -0.4 is 0 Å². The molecule has 0 N–H and O–H groups in total. The normalized spacial score (nSPS) is 34.5. The standard InChI is InChI=1S/C11H21ClO2/c1-10(2,12)9-7-5-6-8-11(9,3)14-13-4/h9H,5-8H2,1-4H3/t9-,11-/m1/s1. The molecule has 0 aromatic heterocycles.